The molecule has 2 aromatic carbocycles. The van der Waals surface area contributed by atoms with E-state index in [4.69, 9.17) is 0 Å². The summed E-state index contributed by atoms with van der Waals surface area (Å²) >= 11 is 9.26. The van der Waals surface area contributed by atoms with Gasteiger partial charge in [-0.1, -0.05) is 24.3 Å². The number of hydrogen-bond donors (Lipinski definition) is 2. The van der Waals surface area contributed by atoms with Crippen LogP contribution in [0.25, 0.3) is 11.4 Å². The Kier molecular flexibility index (Phi) is 6.83. The molecule has 0 aliphatic carbocycles. The van der Waals surface area contributed by atoms with E-state index in [1.165, 1.54) is 36.4 Å². The Morgan fingerprint density at radius 2 is 1.11 bits per heavy atom. The summed E-state index contributed by atoms with van der Waals surface area (Å²) in [6.45, 7) is 0. The number of isothiocyanates is 2. The summed E-state index contributed by atoms with van der Waals surface area (Å²) in [7, 11) is -8.98. The fourth-order valence-corrected chi connectivity index (χ4v) is 3.44. The highest BCUT2D eigenvalue weighted by molar-refractivity contribution is 7.86. The molecule has 8 nitrogen and oxygen atoms in total. The van der Waals surface area contributed by atoms with Crippen molar-refractivity contribution in [2.24, 2.45) is 9.98 Å². The van der Waals surface area contributed by atoms with E-state index in [0.29, 0.717) is 0 Å². The van der Waals surface area contributed by atoms with Crippen molar-refractivity contribution in [3.8, 4) is 0 Å². The third kappa shape index (κ3) is 5.32. The van der Waals surface area contributed by atoms with Crippen molar-refractivity contribution in [2.75, 3.05) is 0 Å². The highest BCUT2D eigenvalue weighted by Gasteiger charge is 2.17. The van der Waals surface area contributed by atoms with Crippen molar-refractivity contribution in [1.82, 2.24) is 0 Å². The Morgan fingerprint density at radius 1 is 0.750 bits per heavy atom. The Bertz CT molecular complexity index is 1170. The lowest BCUT2D eigenvalue weighted by molar-refractivity contribution is 0.481. The third-order valence-corrected chi connectivity index (χ3v) is 5.23. The first-order valence-corrected chi connectivity index (χ1v) is 10.8. The summed E-state index contributed by atoms with van der Waals surface area (Å²) in [5.41, 5.74) is 0.332. The Morgan fingerprint density at radius 3 is 1.39 bits per heavy atom. The third-order valence-electron chi connectivity index (χ3n) is 3.35. The maximum absolute atomic E-state index is 11.4. The van der Waals surface area contributed by atoms with Gasteiger partial charge in [0.1, 0.15) is 11.4 Å². The molecule has 0 aliphatic heterocycles. The number of nitrogens with zero attached hydrogens (tertiary/aromatic N) is 2. The second kappa shape index (κ2) is 8.74. The predicted molar refractivity (Wildman–Crippen MR) is 109 cm³/mol. The molecule has 28 heavy (non-hydrogen) atoms. The van der Waals surface area contributed by atoms with Gasteiger partial charge in [0.2, 0.25) is 0 Å². The highest BCUT2D eigenvalue weighted by atomic mass is 32.2. The van der Waals surface area contributed by atoms with E-state index in [9.17, 15) is 25.9 Å². The van der Waals surface area contributed by atoms with Gasteiger partial charge in [-0.05, 0) is 48.7 Å². The van der Waals surface area contributed by atoms with Crippen LogP contribution in [0.3, 0.4) is 0 Å². The topological polar surface area (TPSA) is 133 Å². The second-order valence-corrected chi connectivity index (χ2v) is 8.32. The van der Waals surface area contributed by atoms with Crippen molar-refractivity contribution >= 4 is 66.4 Å². The van der Waals surface area contributed by atoms with Gasteiger partial charge in [0, 0.05) is 11.1 Å². The van der Waals surface area contributed by atoms with Crippen molar-refractivity contribution < 1.29 is 25.9 Å². The molecule has 0 fully saturated rings. The molecule has 0 saturated heterocycles. The summed E-state index contributed by atoms with van der Waals surface area (Å²) in [6, 6.07) is 10.2. The lowest BCUT2D eigenvalue weighted by Gasteiger charge is -2.09. The van der Waals surface area contributed by atoms with Gasteiger partial charge in [-0.2, -0.15) is 26.8 Å². The van der Waals surface area contributed by atoms with Gasteiger partial charge in [0.05, 0.1) is 20.1 Å². The minimum atomic E-state index is -4.49. The maximum Gasteiger partial charge on any atom is 0.294 e. The molecule has 0 aliphatic rings. The first-order chi connectivity index (χ1) is 13.1. The lowest BCUT2D eigenvalue weighted by atomic mass is 10.1. The average Bonchev–Trinajstić information content (AvgIpc) is 2.63. The molecule has 2 rings (SSSR count). The summed E-state index contributed by atoms with van der Waals surface area (Å²) in [5, 5.41) is 4.25. The monoisotopic (exact) mass is 454 g/mol. The number of rotatable bonds is 6. The van der Waals surface area contributed by atoms with Crippen LogP contribution in [-0.2, 0) is 20.2 Å². The summed E-state index contributed by atoms with van der Waals surface area (Å²) in [5.74, 6) is 0. The van der Waals surface area contributed by atoms with E-state index < -0.39 is 30.0 Å². The standard InChI is InChI=1S/C16H10N2O6S4/c19-27(20,21)13-5-1-3-11(7-13)15(17-9-25)16(18-10-26)12-4-2-6-14(8-12)28(22,23)24/h1-8H,(H,19,20,21)(H,22,23,24). The zero-order chi connectivity index (χ0) is 20.9. The second-order valence-electron chi connectivity index (χ2n) is 5.11. The van der Waals surface area contributed by atoms with Gasteiger partial charge in [-0.25, -0.2) is 0 Å². The molecule has 0 aromatic heterocycles. The fraction of sp³-hybridized carbons (Fsp3) is 0. The van der Waals surface area contributed by atoms with Gasteiger partial charge in [-0.3, -0.25) is 9.11 Å². The molecular formula is C16H10N2O6S4. The van der Waals surface area contributed by atoms with Crippen LogP contribution in [0.5, 0.6) is 0 Å². The molecule has 0 amide bonds. The van der Waals surface area contributed by atoms with Crippen LogP contribution in [0.15, 0.2) is 68.3 Å². The molecule has 0 unspecified atom stereocenters. The van der Waals surface area contributed by atoms with Gasteiger partial charge in [0.25, 0.3) is 20.2 Å². The van der Waals surface area contributed by atoms with Crippen LogP contribution in [0, 0.1) is 0 Å². The molecule has 0 atom stereocenters. The summed E-state index contributed by atoms with van der Waals surface area (Å²) < 4.78 is 64.2. The van der Waals surface area contributed by atoms with Crippen LogP contribution >= 0.6 is 24.4 Å². The van der Waals surface area contributed by atoms with Crippen molar-refractivity contribution in [1.29, 1.82) is 0 Å². The van der Waals surface area contributed by atoms with E-state index in [1.54, 1.807) is 0 Å². The lowest BCUT2D eigenvalue weighted by Crippen LogP contribution is -2.00. The number of benzene rings is 2. The first-order valence-electron chi connectivity index (χ1n) is 7.14. The number of hydrogen-bond acceptors (Lipinski definition) is 8. The van der Waals surface area contributed by atoms with Crippen molar-refractivity contribution in [2.45, 2.75) is 9.79 Å². The van der Waals surface area contributed by atoms with Crippen molar-refractivity contribution in [3.05, 3.63) is 59.7 Å². The molecule has 0 bridgehead atoms. The fourth-order valence-electron chi connectivity index (χ4n) is 2.21. The SMILES string of the molecule is O=S(=O)(O)c1cccc(C(N=C=S)=C(N=C=S)c2cccc(S(=O)(=O)O)c2)c1. The minimum Gasteiger partial charge on any atom is -0.282 e. The largest absolute Gasteiger partial charge is 0.294 e. The number of thiocarbonyl (C=S) groups is 2. The maximum atomic E-state index is 11.4. The molecule has 0 spiro atoms. The minimum absolute atomic E-state index is 0.00895. The number of aliphatic imine (C=N–C) groups is 2. The summed E-state index contributed by atoms with van der Waals surface area (Å²) in [4.78, 5) is 6.95. The van der Waals surface area contributed by atoms with Gasteiger partial charge >= 0.3 is 0 Å². The molecule has 144 valence electrons. The zero-order valence-electron chi connectivity index (χ0n) is 13.7. The predicted octanol–water partition coefficient (Wildman–Crippen LogP) is 3.21. The Balaban J connectivity index is 2.88. The molecule has 2 aromatic rings. The van der Waals surface area contributed by atoms with Gasteiger partial charge in [0.15, 0.2) is 0 Å². The Labute approximate surface area is 171 Å². The zero-order valence-corrected chi connectivity index (χ0v) is 16.9. The van der Waals surface area contributed by atoms with Crippen molar-refractivity contribution in [3.63, 3.8) is 0 Å². The quantitative estimate of drug-likeness (QED) is 0.294. The van der Waals surface area contributed by atoms with Crippen LogP contribution in [0.2, 0.25) is 0 Å². The van der Waals surface area contributed by atoms with Crippen LogP contribution in [0.1, 0.15) is 11.1 Å². The smallest absolute Gasteiger partial charge is 0.282 e. The molecule has 0 heterocycles. The van der Waals surface area contributed by atoms with Crippen LogP contribution in [0.4, 0.5) is 0 Å². The van der Waals surface area contributed by atoms with E-state index in [1.807, 2.05) is 0 Å². The molecular weight excluding hydrogens is 444 g/mol. The molecule has 0 radical (unpaired) electrons. The summed E-state index contributed by atoms with van der Waals surface area (Å²) in [6.07, 6.45) is 0. The van der Waals surface area contributed by atoms with Gasteiger partial charge < -0.3 is 0 Å². The molecule has 0 saturated carbocycles. The normalized spacial score (nSPS) is 12.4. The Hall–Kier alpha value is -2.40. The van der Waals surface area contributed by atoms with Crippen LogP contribution < -0.4 is 0 Å². The average molecular weight is 455 g/mol. The van der Waals surface area contributed by atoms with E-state index in [2.05, 4.69) is 44.7 Å². The van der Waals surface area contributed by atoms with Crippen LogP contribution in [-0.4, -0.2) is 36.3 Å². The van der Waals surface area contributed by atoms with E-state index in [-0.39, 0.29) is 22.5 Å². The molecule has 12 heteroatoms. The van der Waals surface area contributed by atoms with E-state index in [0.717, 1.165) is 12.1 Å². The highest BCUT2D eigenvalue weighted by Crippen LogP contribution is 2.30. The first kappa shape index (κ1) is 21.9. The van der Waals surface area contributed by atoms with Gasteiger partial charge in [-0.15, -0.1) is 0 Å². The molecule has 2 N–H and O–H groups in total. The van der Waals surface area contributed by atoms with E-state index >= 15 is 0 Å².